The van der Waals surface area contributed by atoms with Gasteiger partial charge in [-0.15, -0.1) is 0 Å². The number of hydrogen-bond donors (Lipinski definition) is 2. The third-order valence-corrected chi connectivity index (χ3v) is 7.05. The number of alkyl halides is 6. The molecule has 0 fully saturated rings. The number of hydrogen-bond acceptors (Lipinski definition) is 7. The number of carboxylic acid groups (broad SMARTS) is 2. The number of anilines is 2. The standard InChI is InChI=1S/C28H30N4O.2C2HF3O2.H2O/c33-22-12-16-29-25-14-20-31(27-10-4-2-8-23(25)27)18-6-1-7-19-32-21-15-26(30-17-13-22)24-9-3-5-11-28(24)32;2*3-2(4,5)1(6)7;/h2-5,8-11,14-15,20-21H,1,6-7,12-13,16-19H2;2*(H,6,7);1H2. The van der Waals surface area contributed by atoms with Gasteiger partial charge in [-0.3, -0.25) is 4.79 Å². The van der Waals surface area contributed by atoms with E-state index < -0.39 is 24.3 Å². The fourth-order valence-electron chi connectivity index (χ4n) is 4.81. The Bertz CT molecular complexity index is 1580. The van der Waals surface area contributed by atoms with Gasteiger partial charge in [0.25, 0.3) is 0 Å². The third-order valence-electron chi connectivity index (χ3n) is 7.05. The summed E-state index contributed by atoms with van der Waals surface area (Å²) in [4.78, 5) is 30.1. The van der Waals surface area contributed by atoms with Gasteiger partial charge in [-0.2, -0.15) is 35.5 Å². The van der Waals surface area contributed by atoms with Gasteiger partial charge in [0.15, 0.2) is 12.4 Å². The van der Waals surface area contributed by atoms with Gasteiger partial charge in [-0.05, 0) is 18.6 Å². The first kappa shape index (κ1) is 39.2. The van der Waals surface area contributed by atoms with Crippen LogP contribution in [-0.4, -0.2) is 48.6 Å². The van der Waals surface area contributed by atoms with E-state index in [1.54, 1.807) is 0 Å². The molecule has 3 heterocycles. The number of para-hydroxylation sites is 2. The fourth-order valence-corrected chi connectivity index (χ4v) is 4.81. The fraction of sp³-hybridized carbons (Fsp3) is 0.344. The van der Waals surface area contributed by atoms with Gasteiger partial charge in [0.1, 0.15) is 30.8 Å². The first-order chi connectivity index (χ1) is 22.2. The maximum absolute atomic E-state index is 12.5. The predicted molar refractivity (Wildman–Crippen MR) is 159 cm³/mol. The largest absolute Gasteiger partial charge is 0.542 e. The number of rotatable bonds is 0. The molecule has 10 nitrogen and oxygen atoms in total. The molecule has 48 heavy (non-hydrogen) atoms. The van der Waals surface area contributed by atoms with Crippen LogP contribution in [0.3, 0.4) is 0 Å². The summed E-state index contributed by atoms with van der Waals surface area (Å²) >= 11 is 0. The number of benzene rings is 2. The molecule has 5 rings (SSSR count). The Morgan fingerprint density at radius 1 is 0.625 bits per heavy atom. The number of halogens is 6. The number of pyridine rings is 2. The molecule has 0 radical (unpaired) electrons. The Morgan fingerprint density at radius 2 is 0.979 bits per heavy atom. The number of ketones is 1. The van der Waals surface area contributed by atoms with Crippen molar-refractivity contribution in [3.05, 3.63) is 73.1 Å². The van der Waals surface area contributed by atoms with Crippen LogP contribution in [0.15, 0.2) is 73.1 Å². The Labute approximate surface area is 270 Å². The van der Waals surface area contributed by atoms with Crippen LogP contribution in [0.4, 0.5) is 37.7 Å². The van der Waals surface area contributed by atoms with Gasteiger partial charge < -0.3 is 35.9 Å². The van der Waals surface area contributed by atoms with Crippen LogP contribution in [0.5, 0.6) is 0 Å². The zero-order valence-corrected chi connectivity index (χ0v) is 25.5. The molecule has 0 unspecified atom stereocenters. The number of carbonyl (C=O) groups excluding carboxylic acids is 3. The molecular weight excluding hydrogens is 650 g/mol. The molecule has 1 aliphatic heterocycles. The van der Waals surface area contributed by atoms with Crippen molar-refractivity contribution in [2.75, 3.05) is 23.7 Å². The van der Waals surface area contributed by atoms with Gasteiger partial charge in [-0.25, -0.2) is 0 Å². The topological polar surface area (TPSA) is 161 Å². The Hall–Kier alpha value is -4.99. The molecule has 260 valence electrons. The number of carbonyl (C=O) groups is 3. The lowest BCUT2D eigenvalue weighted by molar-refractivity contribution is -0.675. The highest BCUT2D eigenvalue weighted by Gasteiger charge is 2.29. The molecule has 2 aromatic carbocycles. The van der Waals surface area contributed by atoms with Crippen LogP contribution in [0.25, 0.3) is 21.8 Å². The van der Waals surface area contributed by atoms with E-state index in [-0.39, 0.29) is 11.3 Å². The molecule has 1 aliphatic rings. The quantitative estimate of drug-likeness (QED) is 0.213. The highest BCUT2D eigenvalue weighted by Crippen LogP contribution is 2.22. The second kappa shape index (κ2) is 17.8. The van der Waals surface area contributed by atoms with Crippen LogP contribution in [0, 0.1) is 0 Å². The average Bonchev–Trinajstić information content (AvgIpc) is 3.01. The number of Topliss-reactive ketones (excluding diaryl/α,β-unsaturated/α-hetero) is 1. The van der Waals surface area contributed by atoms with E-state index in [4.69, 9.17) is 19.8 Å². The minimum Gasteiger partial charge on any atom is -0.542 e. The van der Waals surface area contributed by atoms with Crippen molar-refractivity contribution in [1.82, 2.24) is 0 Å². The van der Waals surface area contributed by atoms with Crippen LogP contribution in [-0.2, 0) is 27.5 Å². The first-order valence-corrected chi connectivity index (χ1v) is 14.6. The molecule has 16 heteroatoms. The van der Waals surface area contributed by atoms with Crippen molar-refractivity contribution in [2.24, 2.45) is 0 Å². The summed E-state index contributed by atoms with van der Waals surface area (Å²) in [7, 11) is 0. The third kappa shape index (κ3) is 11.7. The molecule has 4 aromatic rings. The van der Waals surface area contributed by atoms with E-state index in [0.717, 1.165) is 37.3 Å². The molecule has 2 aromatic heterocycles. The van der Waals surface area contributed by atoms with Crippen molar-refractivity contribution in [3.63, 3.8) is 0 Å². The van der Waals surface area contributed by atoms with E-state index in [1.807, 2.05) is 0 Å². The molecule has 4 N–H and O–H groups in total. The minimum absolute atomic E-state index is 0. The van der Waals surface area contributed by atoms with Gasteiger partial charge in [0.2, 0.25) is 11.0 Å². The van der Waals surface area contributed by atoms with Crippen molar-refractivity contribution < 1.29 is 65.5 Å². The summed E-state index contributed by atoms with van der Waals surface area (Å²) in [5.41, 5.74) is 4.68. The Kier molecular flexibility index (Phi) is 14.5. The second-order valence-corrected chi connectivity index (χ2v) is 10.4. The zero-order chi connectivity index (χ0) is 34.6. The number of carboxylic acids is 2. The van der Waals surface area contributed by atoms with Crippen molar-refractivity contribution in [2.45, 2.75) is 57.5 Å². The lowest BCUT2D eigenvalue weighted by atomic mass is 10.1. The number of nitrogens with one attached hydrogen (secondary N) is 2. The normalized spacial score (nSPS) is 14.2. The molecular formula is C32H34F6N4O6. The molecule has 4 bridgehead atoms. The average molecular weight is 685 g/mol. The highest BCUT2D eigenvalue weighted by molar-refractivity contribution is 5.90. The van der Waals surface area contributed by atoms with E-state index >= 15 is 0 Å². The van der Waals surface area contributed by atoms with Crippen molar-refractivity contribution >= 4 is 50.9 Å². The second-order valence-electron chi connectivity index (χ2n) is 10.4. The molecule has 0 spiro atoms. The SMILES string of the molecule is O.O=C([O-])C(F)(F)F.O=C([O-])C(F)(F)F.O=C1CCNc2cc[n+](c3ccccc23)CCCCC[n+]2ccc(c3ccccc32)NCC1. The molecule has 0 saturated carbocycles. The Balaban J connectivity index is 0.000000451. The predicted octanol–water partition coefficient (Wildman–Crippen LogP) is 2.40. The summed E-state index contributed by atoms with van der Waals surface area (Å²) < 4.78 is 67.8. The smallest absolute Gasteiger partial charge is 0.430 e. The van der Waals surface area contributed by atoms with Gasteiger partial charge in [-0.1, -0.05) is 24.3 Å². The summed E-state index contributed by atoms with van der Waals surface area (Å²) in [6.07, 6.45) is -1.50. The van der Waals surface area contributed by atoms with Crippen molar-refractivity contribution in [1.29, 1.82) is 0 Å². The van der Waals surface area contributed by atoms with Crippen LogP contribution < -0.4 is 30.0 Å². The zero-order valence-electron chi connectivity index (χ0n) is 25.5. The van der Waals surface area contributed by atoms with Crippen LogP contribution in [0.2, 0.25) is 0 Å². The summed E-state index contributed by atoms with van der Waals surface area (Å²) in [6, 6.07) is 21.4. The van der Waals surface area contributed by atoms with E-state index in [0.29, 0.717) is 25.9 Å². The molecule has 0 saturated heterocycles. The lowest BCUT2D eigenvalue weighted by Gasteiger charge is -2.11. The Morgan fingerprint density at radius 3 is 1.33 bits per heavy atom. The summed E-state index contributed by atoms with van der Waals surface area (Å²) in [5.74, 6) is -5.74. The maximum atomic E-state index is 12.5. The monoisotopic (exact) mass is 684 g/mol. The molecule has 0 atom stereocenters. The van der Waals surface area contributed by atoms with Crippen LogP contribution >= 0.6 is 0 Å². The van der Waals surface area contributed by atoms with Gasteiger partial charge in [0.05, 0.1) is 22.1 Å². The molecule has 0 amide bonds. The maximum Gasteiger partial charge on any atom is 0.430 e. The summed E-state index contributed by atoms with van der Waals surface area (Å²) in [5, 5.41) is 27.0. The van der Waals surface area contributed by atoms with Crippen LogP contribution in [0.1, 0.15) is 32.1 Å². The number of nitrogens with zero attached hydrogens (tertiary/aromatic N) is 2. The lowest BCUT2D eigenvalue weighted by Crippen LogP contribution is -2.37. The summed E-state index contributed by atoms with van der Waals surface area (Å²) in [6.45, 7) is 3.32. The van der Waals surface area contributed by atoms with Gasteiger partial charge in [0, 0.05) is 63.0 Å². The highest BCUT2D eigenvalue weighted by atomic mass is 19.4. The number of aliphatic carboxylic acids is 2. The number of aromatic nitrogens is 2. The molecule has 0 aliphatic carbocycles. The van der Waals surface area contributed by atoms with Crippen molar-refractivity contribution in [3.8, 4) is 0 Å². The van der Waals surface area contributed by atoms with E-state index in [2.05, 4.69) is 92.8 Å². The van der Waals surface area contributed by atoms with E-state index in [1.165, 1.54) is 28.2 Å². The minimum atomic E-state index is -5.19. The number of aryl methyl sites for hydroxylation is 2. The first-order valence-electron chi connectivity index (χ1n) is 14.6. The van der Waals surface area contributed by atoms with E-state index in [9.17, 15) is 31.1 Å². The number of fused-ring (bicyclic) bond motifs is 12. The van der Waals surface area contributed by atoms with Gasteiger partial charge >= 0.3 is 12.4 Å².